The number of ether oxygens (including phenoxy) is 1. The summed E-state index contributed by atoms with van der Waals surface area (Å²) in [5.41, 5.74) is -0.297. The lowest BCUT2D eigenvalue weighted by molar-refractivity contribution is -0.139. The second-order valence-corrected chi connectivity index (χ2v) is 4.34. The minimum Gasteiger partial charge on any atom is -0.485 e. The van der Waals surface area contributed by atoms with Gasteiger partial charge in [0, 0.05) is 6.54 Å². The van der Waals surface area contributed by atoms with E-state index in [-0.39, 0.29) is 18.2 Å². The Morgan fingerprint density at radius 3 is 2.67 bits per heavy atom. The highest BCUT2D eigenvalue weighted by molar-refractivity contribution is 5.39. The maximum Gasteiger partial charge on any atom is 0.419 e. The summed E-state index contributed by atoms with van der Waals surface area (Å²) >= 11 is 0. The largest absolute Gasteiger partial charge is 0.485 e. The molecule has 1 aromatic carbocycles. The normalized spacial score (nSPS) is 11.7. The van der Waals surface area contributed by atoms with Crippen molar-refractivity contribution in [3.63, 3.8) is 0 Å². The van der Waals surface area contributed by atoms with E-state index >= 15 is 0 Å². The number of tetrazole rings is 1. The lowest BCUT2D eigenvalue weighted by Gasteiger charge is -2.14. The predicted octanol–water partition coefficient (Wildman–Crippen LogP) is 1.53. The van der Waals surface area contributed by atoms with Gasteiger partial charge >= 0.3 is 6.18 Å². The lowest BCUT2D eigenvalue weighted by Crippen LogP contribution is -2.12. The molecule has 0 unspecified atom stereocenters. The fourth-order valence-electron chi connectivity index (χ4n) is 1.76. The van der Waals surface area contributed by atoms with E-state index in [1.165, 1.54) is 10.9 Å². The van der Waals surface area contributed by atoms with Gasteiger partial charge < -0.3 is 10.1 Å². The number of alkyl halides is 3. The van der Waals surface area contributed by atoms with Crippen LogP contribution in [0.4, 0.5) is 13.2 Å². The second-order valence-electron chi connectivity index (χ2n) is 4.34. The van der Waals surface area contributed by atoms with Crippen molar-refractivity contribution < 1.29 is 17.9 Å². The van der Waals surface area contributed by atoms with Gasteiger partial charge in [-0.25, -0.2) is 0 Å². The summed E-state index contributed by atoms with van der Waals surface area (Å²) in [5.74, 6) is -0.0419. The molecule has 0 saturated heterocycles. The maximum atomic E-state index is 13.1. The van der Waals surface area contributed by atoms with Gasteiger partial charge in [0.05, 0.1) is 12.6 Å². The maximum absolute atomic E-state index is 13.1. The average molecular weight is 301 g/mol. The Kier molecular flexibility index (Phi) is 4.41. The van der Waals surface area contributed by atoms with Gasteiger partial charge in [-0.1, -0.05) is 6.07 Å². The first-order valence-electron chi connectivity index (χ1n) is 6.10. The molecule has 0 aliphatic carbocycles. The molecule has 1 N–H and O–H groups in total. The molecule has 0 fully saturated rings. The van der Waals surface area contributed by atoms with Crippen LogP contribution in [0.2, 0.25) is 0 Å². The van der Waals surface area contributed by atoms with Gasteiger partial charge in [0.15, 0.2) is 6.61 Å². The molecule has 0 radical (unpaired) electrons. The van der Waals surface area contributed by atoms with Crippen molar-refractivity contribution in [3.8, 4) is 5.75 Å². The van der Waals surface area contributed by atoms with Crippen LogP contribution in [0.15, 0.2) is 18.2 Å². The Labute approximate surface area is 118 Å². The van der Waals surface area contributed by atoms with Gasteiger partial charge in [-0.2, -0.15) is 18.0 Å². The van der Waals surface area contributed by atoms with E-state index in [1.54, 1.807) is 20.2 Å². The van der Waals surface area contributed by atoms with E-state index in [2.05, 4.69) is 20.7 Å². The summed E-state index contributed by atoms with van der Waals surface area (Å²) in [6, 6.07) is 3.94. The molecule has 0 aliphatic rings. The first-order chi connectivity index (χ1) is 9.90. The fraction of sp³-hybridized carbons (Fsp3) is 0.417. The van der Waals surface area contributed by atoms with E-state index in [1.807, 2.05) is 0 Å². The number of hydrogen-bond donors (Lipinski definition) is 1. The highest BCUT2D eigenvalue weighted by Gasteiger charge is 2.34. The Hall–Kier alpha value is -2.16. The number of rotatable bonds is 5. The summed E-state index contributed by atoms with van der Waals surface area (Å²) in [7, 11) is 3.22. The third-order valence-corrected chi connectivity index (χ3v) is 2.64. The van der Waals surface area contributed by atoms with Crippen molar-refractivity contribution in [2.75, 3.05) is 7.05 Å². The van der Waals surface area contributed by atoms with Crippen molar-refractivity contribution in [3.05, 3.63) is 35.2 Å². The Balaban J connectivity index is 2.21. The smallest absolute Gasteiger partial charge is 0.419 e. The highest BCUT2D eigenvalue weighted by atomic mass is 19.4. The van der Waals surface area contributed by atoms with E-state index in [4.69, 9.17) is 4.74 Å². The van der Waals surface area contributed by atoms with Gasteiger partial charge in [-0.05, 0) is 30.0 Å². The zero-order valence-corrected chi connectivity index (χ0v) is 11.5. The van der Waals surface area contributed by atoms with Crippen LogP contribution >= 0.6 is 0 Å². The minimum atomic E-state index is -4.49. The Morgan fingerprint density at radius 1 is 1.33 bits per heavy atom. The van der Waals surface area contributed by atoms with Crippen LogP contribution in [-0.4, -0.2) is 27.3 Å². The Bertz CT molecular complexity index is 611. The molecule has 0 atom stereocenters. The third kappa shape index (κ3) is 3.91. The van der Waals surface area contributed by atoms with Crippen molar-refractivity contribution in [1.29, 1.82) is 0 Å². The Morgan fingerprint density at radius 2 is 2.10 bits per heavy atom. The molecule has 0 spiro atoms. The molecule has 0 aliphatic heterocycles. The van der Waals surface area contributed by atoms with Gasteiger partial charge in [0.1, 0.15) is 5.75 Å². The number of nitrogens with one attached hydrogen (secondary N) is 1. The first kappa shape index (κ1) is 15.2. The van der Waals surface area contributed by atoms with Gasteiger partial charge in [0.2, 0.25) is 5.82 Å². The average Bonchev–Trinajstić information content (AvgIpc) is 2.82. The standard InChI is InChI=1S/C12H14F3N5O/c1-16-6-8-3-4-10(9(5-8)12(13,14)15)21-7-11-17-19-20(2)18-11/h3-5,16H,6-7H2,1-2H3. The molecule has 0 bridgehead atoms. The van der Waals surface area contributed by atoms with Crippen molar-refractivity contribution in [2.45, 2.75) is 19.3 Å². The lowest BCUT2D eigenvalue weighted by atomic mass is 10.1. The molecule has 2 rings (SSSR count). The highest BCUT2D eigenvalue weighted by Crippen LogP contribution is 2.37. The van der Waals surface area contributed by atoms with E-state index in [0.717, 1.165) is 6.07 Å². The summed E-state index contributed by atoms with van der Waals surface area (Å²) in [6.07, 6.45) is -4.49. The summed E-state index contributed by atoms with van der Waals surface area (Å²) < 4.78 is 44.3. The van der Waals surface area contributed by atoms with Crippen molar-refractivity contribution in [2.24, 2.45) is 7.05 Å². The van der Waals surface area contributed by atoms with E-state index in [0.29, 0.717) is 12.1 Å². The summed E-state index contributed by atoms with van der Waals surface area (Å²) in [6.45, 7) is 0.164. The zero-order valence-electron chi connectivity index (χ0n) is 11.5. The van der Waals surface area contributed by atoms with E-state index < -0.39 is 11.7 Å². The molecule has 21 heavy (non-hydrogen) atoms. The molecule has 6 nitrogen and oxygen atoms in total. The van der Waals surface area contributed by atoms with Crippen LogP contribution < -0.4 is 10.1 Å². The second kappa shape index (κ2) is 6.08. The fourth-order valence-corrected chi connectivity index (χ4v) is 1.76. The number of hydrogen-bond acceptors (Lipinski definition) is 5. The number of aryl methyl sites for hydroxylation is 1. The van der Waals surface area contributed by atoms with Crippen LogP contribution in [0, 0.1) is 0 Å². The zero-order chi connectivity index (χ0) is 15.5. The number of benzene rings is 1. The van der Waals surface area contributed by atoms with Gasteiger partial charge in [-0.3, -0.25) is 0 Å². The monoisotopic (exact) mass is 301 g/mol. The molecule has 0 amide bonds. The molecule has 0 saturated carbocycles. The summed E-state index contributed by atoms with van der Waals surface area (Å²) in [5, 5.41) is 13.9. The quantitative estimate of drug-likeness (QED) is 0.907. The van der Waals surface area contributed by atoms with Gasteiger partial charge in [0.25, 0.3) is 0 Å². The number of nitrogens with zero attached hydrogens (tertiary/aromatic N) is 4. The van der Waals surface area contributed by atoms with Gasteiger partial charge in [-0.15, -0.1) is 10.2 Å². The third-order valence-electron chi connectivity index (χ3n) is 2.64. The molecule has 114 valence electrons. The van der Waals surface area contributed by atoms with Crippen LogP contribution in [0.5, 0.6) is 5.75 Å². The topological polar surface area (TPSA) is 64.9 Å². The minimum absolute atomic E-state index is 0.178. The van der Waals surface area contributed by atoms with Crippen LogP contribution in [-0.2, 0) is 26.4 Å². The van der Waals surface area contributed by atoms with Crippen molar-refractivity contribution in [1.82, 2.24) is 25.5 Å². The summed E-state index contributed by atoms with van der Waals surface area (Å²) in [4.78, 5) is 1.21. The van der Waals surface area contributed by atoms with E-state index in [9.17, 15) is 13.2 Å². The van der Waals surface area contributed by atoms with Crippen LogP contribution in [0.1, 0.15) is 17.0 Å². The number of halogens is 3. The molecular weight excluding hydrogens is 287 g/mol. The number of aromatic nitrogens is 4. The molecule has 2 aromatic rings. The molecule has 9 heteroatoms. The molecular formula is C12H14F3N5O. The SMILES string of the molecule is CNCc1ccc(OCc2nnn(C)n2)c(C(F)(F)F)c1. The predicted molar refractivity (Wildman–Crippen MR) is 67.3 cm³/mol. The first-order valence-corrected chi connectivity index (χ1v) is 6.10. The van der Waals surface area contributed by atoms with Crippen LogP contribution in [0.3, 0.4) is 0 Å². The van der Waals surface area contributed by atoms with Crippen LogP contribution in [0.25, 0.3) is 0 Å². The van der Waals surface area contributed by atoms with Crippen molar-refractivity contribution >= 4 is 0 Å². The molecule has 1 aromatic heterocycles. The molecule has 1 heterocycles.